The number of anilines is 1. The summed E-state index contributed by atoms with van der Waals surface area (Å²) in [5.74, 6) is -0.266. The van der Waals surface area contributed by atoms with E-state index >= 15 is 0 Å². The Bertz CT molecular complexity index is 619. The average Bonchev–Trinajstić information content (AvgIpc) is 2.39. The van der Waals surface area contributed by atoms with E-state index in [0.717, 1.165) is 0 Å². The van der Waals surface area contributed by atoms with Crippen LogP contribution in [-0.4, -0.2) is 32.3 Å². The summed E-state index contributed by atoms with van der Waals surface area (Å²) >= 11 is -5.14. The summed E-state index contributed by atoms with van der Waals surface area (Å²) in [6.07, 6.45) is 0. The summed E-state index contributed by atoms with van der Waals surface area (Å²) in [6, 6.07) is 14.3. The summed E-state index contributed by atoms with van der Waals surface area (Å²) < 4.78 is 29.2. The van der Waals surface area contributed by atoms with Crippen LogP contribution in [0.15, 0.2) is 54.6 Å². The number of hydrogen-bond donors (Lipinski definition) is 3. The number of carbonyl (C=O) groups excluding carboxylic acids is 1. The van der Waals surface area contributed by atoms with Crippen molar-refractivity contribution in [1.82, 2.24) is 0 Å². The molecule has 0 aliphatic rings. The van der Waals surface area contributed by atoms with Crippen molar-refractivity contribution in [1.29, 1.82) is 0 Å². The Morgan fingerprint density at radius 2 is 1.53 bits per heavy atom. The fourth-order valence-corrected chi connectivity index (χ4v) is 3.07. The van der Waals surface area contributed by atoms with Crippen LogP contribution in [0.4, 0.5) is 5.69 Å². The van der Waals surface area contributed by atoms with Gasteiger partial charge >= 0.3 is 115 Å². The minimum absolute atomic E-state index is 0.0104. The van der Waals surface area contributed by atoms with Crippen LogP contribution in [0.5, 0.6) is 0 Å². The molecule has 0 atom stereocenters. The summed E-state index contributed by atoms with van der Waals surface area (Å²) in [5, 5.41) is 2.65. The number of amides is 1. The zero-order chi connectivity index (χ0) is 13.9. The fourth-order valence-electron chi connectivity index (χ4n) is 1.53. The zero-order valence-electron chi connectivity index (χ0n) is 9.85. The van der Waals surface area contributed by atoms with E-state index in [1.54, 1.807) is 24.3 Å². The average molecular weight is 368 g/mol. The van der Waals surface area contributed by atoms with E-state index in [1.807, 2.05) is 6.07 Å². The summed E-state index contributed by atoms with van der Waals surface area (Å²) in [7, 11) is 0. The third-order valence-electron chi connectivity index (χ3n) is 2.50. The first-order valence-corrected chi connectivity index (χ1v) is 10.1. The second kappa shape index (κ2) is 5.61. The molecule has 3 N–H and O–H groups in total. The van der Waals surface area contributed by atoms with Crippen molar-refractivity contribution >= 4 is 34.7 Å². The van der Waals surface area contributed by atoms with Gasteiger partial charge in [0.05, 0.1) is 0 Å². The molecular formula is C13H12NO4Sb. The number of carbonyl (C=O) groups is 1. The van der Waals surface area contributed by atoms with Crippen molar-refractivity contribution in [2.24, 2.45) is 0 Å². The van der Waals surface area contributed by atoms with Gasteiger partial charge in [0, 0.05) is 0 Å². The topological polar surface area (TPSA) is 86.6 Å². The number of benzene rings is 2. The van der Waals surface area contributed by atoms with Crippen molar-refractivity contribution in [2.75, 3.05) is 5.32 Å². The molecule has 0 unspecified atom stereocenters. The summed E-state index contributed by atoms with van der Waals surface area (Å²) in [4.78, 5) is 11.8. The number of nitrogens with one attached hydrogen (secondary N) is 1. The van der Waals surface area contributed by atoms with Crippen molar-refractivity contribution in [2.45, 2.75) is 0 Å². The molecule has 0 heterocycles. The second-order valence-corrected chi connectivity index (χ2v) is 8.49. The van der Waals surface area contributed by atoms with Gasteiger partial charge in [-0.3, -0.25) is 0 Å². The Balaban J connectivity index is 2.13. The van der Waals surface area contributed by atoms with Crippen LogP contribution >= 0.6 is 0 Å². The first kappa shape index (κ1) is 13.9. The van der Waals surface area contributed by atoms with Gasteiger partial charge in [-0.05, 0) is 0 Å². The van der Waals surface area contributed by atoms with Gasteiger partial charge in [0.15, 0.2) is 0 Å². The molecule has 98 valence electrons. The second-order valence-electron chi connectivity index (χ2n) is 3.91. The number of rotatable bonds is 3. The molecule has 6 heteroatoms. The Morgan fingerprint density at radius 1 is 0.947 bits per heavy atom. The molecule has 0 saturated carbocycles. The maximum absolute atomic E-state index is 11.8. The van der Waals surface area contributed by atoms with Crippen LogP contribution in [0.2, 0.25) is 0 Å². The molecule has 0 aliphatic carbocycles. The van der Waals surface area contributed by atoms with E-state index in [0.29, 0.717) is 11.3 Å². The summed E-state index contributed by atoms with van der Waals surface area (Å²) in [6.45, 7) is 0. The van der Waals surface area contributed by atoms with Gasteiger partial charge in [-0.2, -0.15) is 0 Å². The van der Waals surface area contributed by atoms with Gasteiger partial charge in [-0.15, -0.1) is 0 Å². The van der Waals surface area contributed by atoms with E-state index in [9.17, 15) is 7.81 Å². The van der Waals surface area contributed by atoms with Gasteiger partial charge in [-0.1, -0.05) is 0 Å². The monoisotopic (exact) mass is 367 g/mol. The quantitative estimate of drug-likeness (QED) is 0.689. The third-order valence-corrected chi connectivity index (χ3v) is 5.27. The van der Waals surface area contributed by atoms with E-state index in [4.69, 9.17) is 6.77 Å². The van der Waals surface area contributed by atoms with E-state index < -0.39 is 19.6 Å². The van der Waals surface area contributed by atoms with Crippen LogP contribution in [0.3, 0.4) is 0 Å². The Labute approximate surface area is 115 Å². The molecule has 2 aromatic rings. The minimum atomic E-state index is -5.14. The predicted octanol–water partition coefficient (Wildman–Crippen LogP) is 0.500. The van der Waals surface area contributed by atoms with Crippen molar-refractivity contribution in [3.05, 3.63) is 60.2 Å². The first-order chi connectivity index (χ1) is 8.97. The first-order valence-electron chi connectivity index (χ1n) is 5.49. The molecule has 5 nitrogen and oxygen atoms in total. The Morgan fingerprint density at radius 3 is 2.05 bits per heavy atom. The van der Waals surface area contributed by atoms with Crippen LogP contribution < -0.4 is 8.83 Å². The molecule has 0 fully saturated rings. The van der Waals surface area contributed by atoms with Gasteiger partial charge in [-0.25, -0.2) is 0 Å². The molecule has 0 bridgehead atoms. The maximum atomic E-state index is 11.8. The Hall–Kier alpha value is -1.55. The molecule has 2 rings (SSSR count). The zero-order valence-corrected chi connectivity index (χ0v) is 12.4. The molecule has 19 heavy (non-hydrogen) atoms. The van der Waals surface area contributed by atoms with E-state index in [1.165, 1.54) is 24.3 Å². The summed E-state index contributed by atoms with van der Waals surface area (Å²) in [5.41, 5.74) is 1.01. The van der Waals surface area contributed by atoms with Gasteiger partial charge < -0.3 is 0 Å². The van der Waals surface area contributed by atoms with Gasteiger partial charge in [0.1, 0.15) is 0 Å². The van der Waals surface area contributed by atoms with E-state index in [-0.39, 0.29) is 9.42 Å². The SMILES string of the molecule is O=C(Nc1cc[c]([Sb](=[O])([OH])[OH])cc1)c1ccccc1. The third kappa shape index (κ3) is 3.70. The number of hydrogen-bond acceptors (Lipinski definition) is 2. The standard InChI is InChI=1S/C13H10NO.2H2O.O.Sb/c15-13(11-7-3-1-4-8-11)14-12-9-5-2-6-10-12;;;;/h1,3-10H,(H,14,15);2*1H2;;/q;;;;+2/p-2. The van der Waals surface area contributed by atoms with Crippen LogP contribution in [0.1, 0.15) is 10.4 Å². The molecule has 0 aromatic heterocycles. The van der Waals surface area contributed by atoms with Crippen molar-refractivity contribution in [3.8, 4) is 0 Å². The van der Waals surface area contributed by atoms with E-state index in [2.05, 4.69) is 5.32 Å². The van der Waals surface area contributed by atoms with Crippen molar-refractivity contribution in [3.63, 3.8) is 0 Å². The molecule has 0 saturated heterocycles. The predicted molar refractivity (Wildman–Crippen MR) is 71.3 cm³/mol. The molecule has 0 spiro atoms. The van der Waals surface area contributed by atoms with Gasteiger partial charge in [0.2, 0.25) is 0 Å². The van der Waals surface area contributed by atoms with Crippen molar-refractivity contribution < 1.29 is 14.6 Å². The molecular weight excluding hydrogens is 356 g/mol. The fraction of sp³-hybridized carbons (Fsp3) is 0. The molecule has 2 aromatic carbocycles. The van der Waals surface area contributed by atoms with Crippen LogP contribution in [0, 0.1) is 0 Å². The normalized spacial score (nSPS) is 11.1. The molecule has 0 aliphatic heterocycles. The molecule has 1 amide bonds. The Kier molecular flexibility index (Phi) is 4.10. The van der Waals surface area contributed by atoms with Gasteiger partial charge in [0.25, 0.3) is 0 Å². The van der Waals surface area contributed by atoms with Crippen LogP contribution in [-0.2, 0) is 3.02 Å². The van der Waals surface area contributed by atoms with Crippen LogP contribution in [0.25, 0.3) is 0 Å². The molecule has 0 radical (unpaired) electrons.